The van der Waals surface area contributed by atoms with E-state index in [1.807, 2.05) is 6.07 Å². The van der Waals surface area contributed by atoms with Gasteiger partial charge < -0.3 is 10.1 Å². The molecular formula is C9H5N3O2. The molecule has 1 aromatic rings. The number of aromatic nitrogens is 1. The molecule has 14 heavy (non-hydrogen) atoms. The van der Waals surface area contributed by atoms with E-state index < -0.39 is 4.92 Å². The highest BCUT2D eigenvalue weighted by molar-refractivity contribution is 5.35. The Morgan fingerprint density at radius 1 is 1.57 bits per heavy atom. The number of rotatable bonds is 1. The van der Waals surface area contributed by atoms with Gasteiger partial charge in [0, 0.05) is 6.07 Å². The Morgan fingerprint density at radius 3 is 2.86 bits per heavy atom. The maximum atomic E-state index is 10.2. The van der Waals surface area contributed by atoms with Gasteiger partial charge in [-0.2, -0.15) is 5.26 Å². The fraction of sp³-hybridized carbons (Fsp3) is 0.111. The quantitative estimate of drug-likeness (QED) is 0.376. The van der Waals surface area contributed by atoms with E-state index in [1.54, 1.807) is 0 Å². The van der Waals surface area contributed by atoms with Crippen LogP contribution in [0.4, 0.5) is 5.82 Å². The van der Waals surface area contributed by atoms with E-state index in [1.165, 1.54) is 18.3 Å². The van der Waals surface area contributed by atoms with Crippen molar-refractivity contribution in [1.29, 1.82) is 5.26 Å². The number of hydrogen-bond acceptors (Lipinski definition) is 4. The molecule has 1 rings (SSSR count). The minimum atomic E-state index is -0.577. The van der Waals surface area contributed by atoms with E-state index in [0.717, 1.165) is 0 Å². The zero-order chi connectivity index (χ0) is 10.4. The van der Waals surface area contributed by atoms with Gasteiger partial charge in [0.25, 0.3) is 0 Å². The van der Waals surface area contributed by atoms with Gasteiger partial charge in [-0.3, -0.25) is 0 Å². The largest absolute Gasteiger partial charge is 0.363 e. The molecule has 1 heterocycles. The predicted octanol–water partition coefficient (Wildman–Crippen LogP) is 1.25. The normalized spacial score (nSPS) is 8.21. The molecule has 0 saturated heterocycles. The summed E-state index contributed by atoms with van der Waals surface area (Å²) in [6.07, 6.45) is 1.44. The number of pyridine rings is 1. The molecule has 0 amide bonds. The number of nitrogens with zero attached hydrogens (tertiary/aromatic N) is 3. The predicted molar refractivity (Wildman–Crippen MR) is 48.0 cm³/mol. The molecule has 0 aliphatic heterocycles. The van der Waals surface area contributed by atoms with E-state index in [4.69, 9.17) is 5.26 Å². The molecule has 0 spiro atoms. The molecule has 68 valence electrons. The first-order valence-electron chi connectivity index (χ1n) is 3.70. The van der Waals surface area contributed by atoms with Crippen LogP contribution >= 0.6 is 0 Å². The second-order valence-corrected chi connectivity index (χ2v) is 2.30. The van der Waals surface area contributed by atoms with E-state index in [-0.39, 0.29) is 12.2 Å². The summed E-state index contributed by atoms with van der Waals surface area (Å²) < 4.78 is 0. The maximum absolute atomic E-state index is 10.2. The summed E-state index contributed by atoms with van der Waals surface area (Å²) in [7, 11) is 0. The van der Waals surface area contributed by atoms with Crippen molar-refractivity contribution in [3.05, 3.63) is 34.0 Å². The first-order chi connectivity index (χ1) is 6.74. The Morgan fingerprint density at radius 2 is 2.36 bits per heavy atom. The molecule has 0 aliphatic rings. The third-order valence-electron chi connectivity index (χ3n) is 1.34. The lowest BCUT2D eigenvalue weighted by Crippen LogP contribution is -1.91. The fourth-order valence-electron chi connectivity index (χ4n) is 0.754. The van der Waals surface area contributed by atoms with Gasteiger partial charge in [0.05, 0.1) is 18.1 Å². The van der Waals surface area contributed by atoms with Crippen LogP contribution in [-0.2, 0) is 0 Å². The molecule has 5 nitrogen and oxygen atoms in total. The maximum Gasteiger partial charge on any atom is 0.363 e. The molecule has 0 atom stereocenters. The summed E-state index contributed by atoms with van der Waals surface area (Å²) in [4.78, 5) is 13.2. The molecule has 0 N–H and O–H groups in total. The van der Waals surface area contributed by atoms with E-state index >= 15 is 0 Å². The molecule has 0 aliphatic carbocycles. The highest BCUT2D eigenvalue weighted by Gasteiger charge is 2.04. The number of nitro groups is 1. The zero-order valence-electron chi connectivity index (χ0n) is 7.10. The van der Waals surface area contributed by atoms with Crippen LogP contribution in [0.2, 0.25) is 0 Å². The summed E-state index contributed by atoms with van der Waals surface area (Å²) in [5.74, 6) is 5.02. The standard InChI is InChI=1S/C9H5N3O2/c10-6-2-1-3-8-4-5-9(11-7-8)12(13)14/h4-5,7H,2H2. The lowest BCUT2D eigenvalue weighted by molar-refractivity contribution is -0.389. The average molecular weight is 187 g/mol. The van der Waals surface area contributed by atoms with Gasteiger partial charge in [0.1, 0.15) is 0 Å². The minimum Gasteiger partial charge on any atom is -0.358 e. The first-order valence-corrected chi connectivity index (χ1v) is 3.70. The molecular weight excluding hydrogens is 182 g/mol. The average Bonchev–Trinajstić information content (AvgIpc) is 2.19. The molecule has 0 aromatic carbocycles. The van der Waals surface area contributed by atoms with Crippen LogP contribution in [0.3, 0.4) is 0 Å². The SMILES string of the molecule is N#CCC#Cc1ccc([N+](=O)[O-])nc1. The van der Waals surface area contributed by atoms with Crippen LogP contribution in [-0.4, -0.2) is 9.91 Å². The smallest absolute Gasteiger partial charge is 0.358 e. The molecule has 0 radical (unpaired) electrons. The number of nitriles is 1. The van der Waals surface area contributed by atoms with E-state index in [0.29, 0.717) is 5.56 Å². The molecule has 0 fully saturated rings. The van der Waals surface area contributed by atoms with Crippen molar-refractivity contribution in [1.82, 2.24) is 4.98 Å². The van der Waals surface area contributed by atoms with Crippen molar-refractivity contribution in [2.45, 2.75) is 6.42 Å². The topological polar surface area (TPSA) is 79.8 Å². The van der Waals surface area contributed by atoms with Gasteiger partial charge in [-0.05, 0) is 16.0 Å². The second-order valence-electron chi connectivity index (χ2n) is 2.30. The summed E-state index contributed by atoms with van der Waals surface area (Å²) in [5, 5.41) is 18.4. The number of hydrogen-bond donors (Lipinski definition) is 0. The van der Waals surface area contributed by atoms with Crippen molar-refractivity contribution in [2.75, 3.05) is 0 Å². The van der Waals surface area contributed by atoms with Crippen LogP contribution in [0.25, 0.3) is 0 Å². The lowest BCUT2D eigenvalue weighted by Gasteiger charge is -1.89. The van der Waals surface area contributed by atoms with Crippen LogP contribution < -0.4 is 0 Å². The Bertz CT molecular complexity index is 434. The van der Waals surface area contributed by atoms with Gasteiger partial charge in [0.15, 0.2) is 6.20 Å². The van der Waals surface area contributed by atoms with Crippen molar-refractivity contribution in [2.24, 2.45) is 0 Å². The van der Waals surface area contributed by atoms with Gasteiger partial charge >= 0.3 is 5.82 Å². The molecule has 0 bridgehead atoms. The molecule has 1 aromatic heterocycles. The third kappa shape index (κ3) is 2.58. The molecule has 0 unspecified atom stereocenters. The van der Waals surface area contributed by atoms with Crippen LogP contribution in [0.5, 0.6) is 0 Å². The van der Waals surface area contributed by atoms with E-state index in [2.05, 4.69) is 16.8 Å². The minimum absolute atomic E-state index is 0.136. The van der Waals surface area contributed by atoms with Gasteiger partial charge in [0.2, 0.25) is 0 Å². The summed E-state index contributed by atoms with van der Waals surface area (Å²) in [6.45, 7) is 0. The Labute approximate surface area is 80.2 Å². The Balaban J connectivity index is 2.81. The van der Waals surface area contributed by atoms with Gasteiger partial charge in [-0.25, -0.2) is 0 Å². The molecule has 5 heteroatoms. The van der Waals surface area contributed by atoms with Crippen molar-refractivity contribution in [3.8, 4) is 17.9 Å². The summed E-state index contributed by atoms with van der Waals surface area (Å²) in [5.41, 5.74) is 0.561. The van der Waals surface area contributed by atoms with Crippen LogP contribution in [0.1, 0.15) is 12.0 Å². The van der Waals surface area contributed by atoms with Gasteiger partial charge in [-0.1, -0.05) is 11.8 Å². The highest BCUT2D eigenvalue weighted by atomic mass is 16.6. The first kappa shape index (κ1) is 9.69. The zero-order valence-corrected chi connectivity index (χ0v) is 7.10. The highest BCUT2D eigenvalue weighted by Crippen LogP contribution is 2.06. The Hall–Kier alpha value is -2.40. The van der Waals surface area contributed by atoms with E-state index in [9.17, 15) is 10.1 Å². The van der Waals surface area contributed by atoms with Crippen molar-refractivity contribution in [3.63, 3.8) is 0 Å². The fourth-order valence-corrected chi connectivity index (χ4v) is 0.754. The van der Waals surface area contributed by atoms with Crippen LogP contribution in [0, 0.1) is 33.3 Å². The monoisotopic (exact) mass is 187 g/mol. The van der Waals surface area contributed by atoms with Crippen molar-refractivity contribution >= 4 is 5.82 Å². The third-order valence-corrected chi connectivity index (χ3v) is 1.34. The van der Waals surface area contributed by atoms with Crippen molar-refractivity contribution < 1.29 is 4.92 Å². The van der Waals surface area contributed by atoms with Crippen LogP contribution in [0.15, 0.2) is 18.3 Å². The molecule has 0 saturated carbocycles. The lowest BCUT2D eigenvalue weighted by atomic mass is 10.3. The van der Waals surface area contributed by atoms with Gasteiger partial charge in [-0.15, -0.1) is 0 Å². The summed E-state index contributed by atoms with van der Waals surface area (Å²) in [6, 6.07) is 4.64. The second kappa shape index (κ2) is 4.58. The summed E-state index contributed by atoms with van der Waals surface area (Å²) >= 11 is 0. The Kier molecular flexibility index (Phi) is 3.17.